The average molecular weight is 271 g/mol. The second-order valence-electron chi connectivity index (χ2n) is 6.39. The van der Waals surface area contributed by atoms with Crippen molar-refractivity contribution in [2.75, 3.05) is 19.8 Å². The maximum absolute atomic E-state index is 9.86. The third-order valence-electron chi connectivity index (χ3n) is 4.10. The number of rotatable bonds is 9. The highest BCUT2D eigenvalue weighted by Crippen LogP contribution is 2.34. The van der Waals surface area contributed by atoms with Gasteiger partial charge in [-0.2, -0.15) is 0 Å². The zero-order valence-corrected chi connectivity index (χ0v) is 12.3. The van der Waals surface area contributed by atoms with Crippen LogP contribution < -0.4 is 5.32 Å². The smallest absolute Gasteiger partial charge is 0.0897 e. The highest BCUT2D eigenvalue weighted by molar-refractivity contribution is 4.94. The minimum atomic E-state index is -0.404. The van der Waals surface area contributed by atoms with E-state index in [0.29, 0.717) is 31.4 Å². The van der Waals surface area contributed by atoms with Gasteiger partial charge in [0.15, 0.2) is 0 Å². The predicted octanol–water partition coefficient (Wildman–Crippen LogP) is 1.71. The zero-order chi connectivity index (χ0) is 13.7. The van der Waals surface area contributed by atoms with E-state index in [9.17, 15) is 5.11 Å². The fourth-order valence-electron chi connectivity index (χ4n) is 3.01. The van der Waals surface area contributed by atoms with Crippen LogP contribution in [-0.4, -0.2) is 49.2 Å². The molecule has 2 fully saturated rings. The second kappa shape index (κ2) is 7.58. The summed E-state index contributed by atoms with van der Waals surface area (Å²) in [6.45, 7) is 6.24. The van der Waals surface area contributed by atoms with E-state index < -0.39 is 6.10 Å². The van der Waals surface area contributed by atoms with E-state index in [-0.39, 0.29) is 0 Å². The van der Waals surface area contributed by atoms with E-state index in [4.69, 9.17) is 9.47 Å². The number of aliphatic hydroxyl groups is 1. The number of hydrogen-bond acceptors (Lipinski definition) is 4. The molecule has 2 aliphatic rings. The van der Waals surface area contributed by atoms with Gasteiger partial charge in [-0.3, -0.25) is 0 Å². The Morgan fingerprint density at radius 3 is 2.84 bits per heavy atom. The molecule has 4 nitrogen and oxygen atoms in total. The Morgan fingerprint density at radius 2 is 2.21 bits per heavy atom. The summed E-state index contributed by atoms with van der Waals surface area (Å²) in [5.74, 6) is 0.730. The summed E-state index contributed by atoms with van der Waals surface area (Å²) in [5, 5.41) is 13.3. The van der Waals surface area contributed by atoms with Crippen molar-refractivity contribution in [3.63, 3.8) is 0 Å². The monoisotopic (exact) mass is 271 g/mol. The Kier molecular flexibility index (Phi) is 6.07. The number of hydrogen-bond donors (Lipinski definition) is 2. The molecule has 4 heteroatoms. The Morgan fingerprint density at radius 1 is 1.37 bits per heavy atom. The van der Waals surface area contributed by atoms with Crippen LogP contribution in [0.5, 0.6) is 0 Å². The van der Waals surface area contributed by atoms with Gasteiger partial charge in [-0.25, -0.2) is 0 Å². The molecule has 0 aromatic carbocycles. The summed E-state index contributed by atoms with van der Waals surface area (Å²) in [6.07, 6.45) is 6.20. The van der Waals surface area contributed by atoms with Crippen LogP contribution >= 0.6 is 0 Å². The maximum atomic E-state index is 9.86. The van der Waals surface area contributed by atoms with Crippen molar-refractivity contribution in [3.05, 3.63) is 0 Å². The van der Waals surface area contributed by atoms with Crippen molar-refractivity contribution in [2.24, 2.45) is 5.92 Å². The van der Waals surface area contributed by atoms with Crippen LogP contribution in [0.25, 0.3) is 0 Å². The lowest BCUT2D eigenvalue weighted by Crippen LogP contribution is -2.42. The average Bonchev–Trinajstić information content (AvgIpc) is 2.97. The summed E-state index contributed by atoms with van der Waals surface area (Å²) in [5.41, 5.74) is 0. The molecule has 2 heterocycles. The van der Waals surface area contributed by atoms with Crippen molar-refractivity contribution >= 4 is 0 Å². The largest absolute Gasteiger partial charge is 0.389 e. The van der Waals surface area contributed by atoms with Gasteiger partial charge in [-0.15, -0.1) is 0 Å². The normalized spacial score (nSPS) is 31.3. The van der Waals surface area contributed by atoms with Gasteiger partial charge >= 0.3 is 0 Å². The standard InChI is InChI=1S/C15H29NO3/c1-11(2)4-3-7-18-10-12(17)9-16-14-8-13-5-6-15(14)19-13/h11-17H,3-10H2,1-2H3. The first kappa shape index (κ1) is 15.2. The summed E-state index contributed by atoms with van der Waals surface area (Å²) in [4.78, 5) is 0. The molecule has 0 spiro atoms. The molecule has 0 aromatic rings. The zero-order valence-electron chi connectivity index (χ0n) is 12.3. The molecule has 2 bridgehead atoms. The molecule has 19 heavy (non-hydrogen) atoms. The minimum absolute atomic E-state index is 0.379. The molecule has 0 radical (unpaired) electrons. The molecule has 2 saturated heterocycles. The first-order valence-corrected chi connectivity index (χ1v) is 7.79. The molecule has 0 aliphatic carbocycles. The lowest BCUT2D eigenvalue weighted by molar-refractivity contribution is 0.0315. The molecule has 4 unspecified atom stereocenters. The Labute approximate surface area is 116 Å². The maximum Gasteiger partial charge on any atom is 0.0897 e. The number of ether oxygens (including phenoxy) is 2. The molecule has 0 aromatic heterocycles. The van der Waals surface area contributed by atoms with Crippen LogP contribution in [0.2, 0.25) is 0 Å². The van der Waals surface area contributed by atoms with Gasteiger partial charge in [0.1, 0.15) is 0 Å². The van der Waals surface area contributed by atoms with Gasteiger partial charge < -0.3 is 19.9 Å². The van der Waals surface area contributed by atoms with Crippen LogP contribution in [0, 0.1) is 5.92 Å². The van der Waals surface area contributed by atoms with Crippen LogP contribution in [0.4, 0.5) is 0 Å². The lowest BCUT2D eigenvalue weighted by Gasteiger charge is -2.22. The van der Waals surface area contributed by atoms with E-state index >= 15 is 0 Å². The van der Waals surface area contributed by atoms with Gasteiger partial charge in [-0.1, -0.05) is 13.8 Å². The van der Waals surface area contributed by atoms with E-state index in [0.717, 1.165) is 25.4 Å². The fourth-order valence-corrected chi connectivity index (χ4v) is 3.01. The van der Waals surface area contributed by atoms with E-state index in [1.165, 1.54) is 19.3 Å². The third-order valence-corrected chi connectivity index (χ3v) is 4.10. The van der Waals surface area contributed by atoms with Crippen molar-refractivity contribution in [2.45, 2.75) is 70.3 Å². The third kappa shape index (κ3) is 5.03. The molecule has 2 N–H and O–H groups in total. The summed E-state index contributed by atoms with van der Waals surface area (Å²) in [6, 6.07) is 0.439. The Hall–Kier alpha value is -0.160. The van der Waals surface area contributed by atoms with Crippen molar-refractivity contribution in [1.82, 2.24) is 5.32 Å². The molecule has 4 atom stereocenters. The van der Waals surface area contributed by atoms with Crippen LogP contribution in [0.1, 0.15) is 46.0 Å². The van der Waals surface area contributed by atoms with Crippen LogP contribution in [0.3, 0.4) is 0 Å². The topological polar surface area (TPSA) is 50.7 Å². The van der Waals surface area contributed by atoms with E-state index in [1.807, 2.05) is 0 Å². The van der Waals surface area contributed by atoms with Crippen molar-refractivity contribution in [1.29, 1.82) is 0 Å². The molecular weight excluding hydrogens is 242 g/mol. The highest BCUT2D eigenvalue weighted by Gasteiger charge is 2.40. The number of fused-ring (bicyclic) bond motifs is 2. The molecular formula is C15H29NO3. The van der Waals surface area contributed by atoms with Crippen LogP contribution in [-0.2, 0) is 9.47 Å². The van der Waals surface area contributed by atoms with Gasteiger partial charge in [0.2, 0.25) is 0 Å². The first-order valence-electron chi connectivity index (χ1n) is 7.79. The quantitative estimate of drug-likeness (QED) is 0.627. The Bertz CT molecular complexity index is 260. The number of nitrogens with one attached hydrogen (secondary N) is 1. The minimum Gasteiger partial charge on any atom is -0.389 e. The molecule has 2 aliphatic heterocycles. The molecule has 0 amide bonds. The van der Waals surface area contributed by atoms with Gasteiger partial charge in [0.25, 0.3) is 0 Å². The summed E-state index contributed by atoms with van der Waals surface area (Å²) >= 11 is 0. The SMILES string of the molecule is CC(C)CCCOCC(O)CNC1CC2CCC1O2. The predicted molar refractivity (Wildman–Crippen MR) is 75.2 cm³/mol. The van der Waals surface area contributed by atoms with Crippen LogP contribution in [0.15, 0.2) is 0 Å². The van der Waals surface area contributed by atoms with E-state index in [1.54, 1.807) is 0 Å². The Balaban J connectivity index is 1.47. The van der Waals surface area contributed by atoms with E-state index in [2.05, 4.69) is 19.2 Å². The van der Waals surface area contributed by atoms with Crippen molar-refractivity contribution in [3.8, 4) is 0 Å². The molecule has 112 valence electrons. The molecule has 0 saturated carbocycles. The van der Waals surface area contributed by atoms with Gasteiger partial charge in [0, 0.05) is 19.2 Å². The van der Waals surface area contributed by atoms with Crippen molar-refractivity contribution < 1.29 is 14.6 Å². The fraction of sp³-hybridized carbons (Fsp3) is 1.00. The second-order valence-corrected chi connectivity index (χ2v) is 6.39. The molecule has 2 rings (SSSR count). The van der Waals surface area contributed by atoms with Gasteiger partial charge in [0.05, 0.1) is 24.9 Å². The lowest BCUT2D eigenvalue weighted by atomic mass is 9.95. The van der Waals surface area contributed by atoms with Gasteiger partial charge in [-0.05, 0) is 38.0 Å². The summed E-state index contributed by atoms with van der Waals surface area (Å²) in [7, 11) is 0. The highest BCUT2D eigenvalue weighted by atomic mass is 16.5. The first-order chi connectivity index (χ1) is 9.15. The number of aliphatic hydroxyl groups excluding tert-OH is 1. The summed E-state index contributed by atoms with van der Waals surface area (Å²) < 4.78 is 11.3.